The number of halogens is 2. The highest BCUT2D eigenvalue weighted by Crippen LogP contribution is 2.31. The van der Waals surface area contributed by atoms with Crippen LogP contribution in [0.1, 0.15) is 5.56 Å². The lowest BCUT2D eigenvalue weighted by atomic mass is 9.99. The highest BCUT2D eigenvalue weighted by atomic mass is 79.9. The molecule has 0 atom stereocenters. The van der Waals surface area contributed by atoms with E-state index in [-0.39, 0.29) is 17.2 Å². The van der Waals surface area contributed by atoms with Gasteiger partial charge in [-0.3, -0.25) is 9.36 Å². The second kappa shape index (κ2) is 9.04. The van der Waals surface area contributed by atoms with Crippen molar-refractivity contribution in [3.63, 3.8) is 0 Å². The van der Waals surface area contributed by atoms with Crippen molar-refractivity contribution in [2.75, 3.05) is 16.4 Å². The standard InChI is InChI=1S/C26H20BrFN6O2/c1-13-9-20(28)22(32-26(36)31-21-8-7-19(27)15-5-3-4-6-16(15)21)11-17(13)18-10-14-12-30-25(29)33-23(14)34(2)24(18)35/h3-12H,1-2H3,(H2,29,30,33)(H2,31,32,36). The molecule has 0 saturated heterocycles. The number of pyridine rings is 1. The van der Waals surface area contributed by atoms with Crippen molar-refractivity contribution in [2.24, 2.45) is 7.05 Å². The zero-order chi connectivity index (χ0) is 25.6. The molecule has 4 N–H and O–H groups in total. The van der Waals surface area contributed by atoms with Crippen LogP contribution in [0.4, 0.5) is 26.5 Å². The van der Waals surface area contributed by atoms with Crippen LogP contribution in [0.15, 0.2) is 70.1 Å². The number of nitrogens with one attached hydrogen (secondary N) is 2. The van der Waals surface area contributed by atoms with Gasteiger partial charge in [0.15, 0.2) is 0 Å². The van der Waals surface area contributed by atoms with Gasteiger partial charge in [0, 0.05) is 34.1 Å². The number of aryl methyl sites for hydroxylation is 2. The molecule has 8 nitrogen and oxygen atoms in total. The van der Waals surface area contributed by atoms with Gasteiger partial charge in [-0.15, -0.1) is 0 Å². The third-order valence-electron chi connectivity index (χ3n) is 5.94. The van der Waals surface area contributed by atoms with Gasteiger partial charge in [0.05, 0.1) is 11.4 Å². The molecule has 180 valence electrons. The average molecular weight is 547 g/mol. The molecular formula is C26H20BrFN6O2. The lowest BCUT2D eigenvalue weighted by Gasteiger charge is -2.15. The summed E-state index contributed by atoms with van der Waals surface area (Å²) >= 11 is 3.51. The van der Waals surface area contributed by atoms with Crippen LogP contribution in [0.2, 0.25) is 0 Å². The molecule has 2 amide bonds. The Bertz CT molecular complexity index is 1750. The van der Waals surface area contributed by atoms with E-state index in [0.717, 1.165) is 15.2 Å². The number of carbonyl (C=O) groups is 1. The number of benzene rings is 3. The predicted molar refractivity (Wildman–Crippen MR) is 144 cm³/mol. The summed E-state index contributed by atoms with van der Waals surface area (Å²) in [5, 5.41) is 7.70. The smallest absolute Gasteiger partial charge is 0.323 e. The Morgan fingerprint density at radius 2 is 1.75 bits per heavy atom. The fourth-order valence-electron chi connectivity index (χ4n) is 4.16. The fraction of sp³-hybridized carbons (Fsp3) is 0.0769. The Labute approximate surface area is 213 Å². The summed E-state index contributed by atoms with van der Waals surface area (Å²) < 4.78 is 17.1. The van der Waals surface area contributed by atoms with E-state index in [4.69, 9.17) is 5.73 Å². The third kappa shape index (κ3) is 4.16. The molecule has 0 aliphatic rings. The molecule has 0 saturated carbocycles. The lowest BCUT2D eigenvalue weighted by molar-refractivity contribution is 0.262. The van der Waals surface area contributed by atoms with Crippen LogP contribution in [-0.4, -0.2) is 20.6 Å². The van der Waals surface area contributed by atoms with Gasteiger partial charge in [-0.05, 0) is 53.8 Å². The Morgan fingerprint density at radius 3 is 2.53 bits per heavy atom. The van der Waals surface area contributed by atoms with Gasteiger partial charge in [-0.25, -0.2) is 14.2 Å². The first-order valence-corrected chi connectivity index (χ1v) is 11.7. The van der Waals surface area contributed by atoms with Crippen LogP contribution in [0.3, 0.4) is 0 Å². The quantitative estimate of drug-likeness (QED) is 0.273. The summed E-state index contributed by atoms with van der Waals surface area (Å²) in [6, 6.07) is 14.9. The summed E-state index contributed by atoms with van der Waals surface area (Å²) in [6.07, 6.45) is 1.52. The zero-order valence-corrected chi connectivity index (χ0v) is 20.9. The number of anilines is 3. The van der Waals surface area contributed by atoms with Crippen LogP contribution in [0.25, 0.3) is 32.9 Å². The van der Waals surface area contributed by atoms with Gasteiger partial charge in [0.1, 0.15) is 11.5 Å². The largest absolute Gasteiger partial charge is 0.368 e. The molecule has 2 heterocycles. The van der Waals surface area contributed by atoms with E-state index in [9.17, 15) is 14.0 Å². The van der Waals surface area contributed by atoms with Crippen molar-refractivity contribution in [3.8, 4) is 11.1 Å². The second-order valence-electron chi connectivity index (χ2n) is 8.30. The summed E-state index contributed by atoms with van der Waals surface area (Å²) in [7, 11) is 1.58. The first-order chi connectivity index (χ1) is 17.2. The topological polar surface area (TPSA) is 115 Å². The summed E-state index contributed by atoms with van der Waals surface area (Å²) in [6.45, 7) is 1.69. The minimum atomic E-state index is -0.624. The van der Waals surface area contributed by atoms with Crippen LogP contribution >= 0.6 is 15.9 Å². The third-order valence-corrected chi connectivity index (χ3v) is 6.63. The average Bonchev–Trinajstić information content (AvgIpc) is 2.85. The van der Waals surface area contributed by atoms with Crippen LogP contribution in [0, 0.1) is 12.7 Å². The molecule has 0 bridgehead atoms. The number of urea groups is 1. The van der Waals surface area contributed by atoms with Gasteiger partial charge in [0.2, 0.25) is 5.95 Å². The molecule has 0 fully saturated rings. The molecule has 5 rings (SSSR count). The summed E-state index contributed by atoms with van der Waals surface area (Å²) in [5.74, 6) is -0.569. The monoisotopic (exact) mass is 546 g/mol. The van der Waals surface area contributed by atoms with Crippen molar-refractivity contribution in [1.29, 1.82) is 0 Å². The van der Waals surface area contributed by atoms with E-state index in [2.05, 4.69) is 36.5 Å². The molecule has 10 heteroatoms. The number of nitrogens with zero attached hydrogens (tertiary/aromatic N) is 3. The second-order valence-corrected chi connectivity index (χ2v) is 9.15. The minimum Gasteiger partial charge on any atom is -0.368 e. The van der Waals surface area contributed by atoms with E-state index < -0.39 is 11.8 Å². The SMILES string of the molecule is Cc1cc(F)c(NC(=O)Nc2ccc(Br)c3ccccc23)cc1-c1cc2cnc(N)nc2n(C)c1=O. The molecule has 0 aliphatic carbocycles. The van der Waals surface area contributed by atoms with E-state index in [1.54, 1.807) is 26.1 Å². The first kappa shape index (κ1) is 23.4. The van der Waals surface area contributed by atoms with Gasteiger partial charge in [-0.2, -0.15) is 4.98 Å². The lowest BCUT2D eigenvalue weighted by Crippen LogP contribution is -2.22. The van der Waals surface area contributed by atoms with E-state index >= 15 is 0 Å². The normalized spacial score (nSPS) is 11.1. The fourth-order valence-corrected chi connectivity index (χ4v) is 4.64. The molecule has 0 unspecified atom stereocenters. The molecular weight excluding hydrogens is 527 g/mol. The highest BCUT2D eigenvalue weighted by Gasteiger charge is 2.17. The predicted octanol–water partition coefficient (Wildman–Crippen LogP) is 5.58. The number of hydrogen-bond donors (Lipinski definition) is 3. The van der Waals surface area contributed by atoms with Gasteiger partial charge >= 0.3 is 6.03 Å². The van der Waals surface area contributed by atoms with Crippen LogP contribution < -0.4 is 21.9 Å². The van der Waals surface area contributed by atoms with Crippen molar-refractivity contribution in [1.82, 2.24) is 14.5 Å². The minimum absolute atomic E-state index is 0.0549. The molecule has 0 radical (unpaired) electrons. The molecule has 0 aliphatic heterocycles. The molecule has 0 spiro atoms. The number of aromatic nitrogens is 3. The Kier molecular flexibility index (Phi) is 5.89. The Balaban J connectivity index is 1.51. The van der Waals surface area contributed by atoms with Crippen molar-refractivity contribution in [2.45, 2.75) is 6.92 Å². The van der Waals surface area contributed by atoms with Crippen LogP contribution in [0.5, 0.6) is 0 Å². The molecule has 36 heavy (non-hydrogen) atoms. The summed E-state index contributed by atoms with van der Waals surface area (Å²) in [5.41, 5.74) is 7.54. The van der Waals surface area contributed by atoms with Crippen molar-refractivity contribution >= 4 is 61.1 Å². The number of carbonyl (C=O) groups excluding carboxylic acids is 1. The number of nitrogen functional groups attached to an aromatic ring is 1. The van der Waals surface area contributed by atoms with Gasteiger partial charge in [0.25, 0.3) is 5.56 Å². The van der Waals surface area contributed by atoms with Gasteiger partial charge < -0.3 is 16.4 Å². The molecule has 2 aromatic heterocycles. The van der Waals surface area contributed by atoms with Crippen LogP contribution in [-0.2, 0) is 7.05 Å². The maximum absolute atomic E-state index is 14.9. The Morgan fingerprint density at radius 1 is 1.03 bits per heavy atom. The maximum atomic E-state index is 14.9. The van der Waals surface area contributed by atoms with E-state index in [1.165, 1.54) is 22.9 Å². The first-order valence-electron chi connectivity index (χ1n) is 10.9. The number of rotatable bonds is 3. The van der Waals surface area contributed by atoms with Crippen molar-refractivity contribution in [3.05, 3.63) is 87.0 Å². The number of hydrogen-bond acceptors (Lipinski definition) is 5. The molecule has 3 aromatic carbocycles. The highest BCUT2D eigenvalue weighted by molar-refractivity contribution is 9.10. The maximum Gasteiger partial charge on any atom is 0.323 e. The van der Waals surface area contributed by atoms with E-state index in [1.807, 2.05) is 30.3 Å². The van der Waals surface area contributed by atoms with Gasteiger partial charge in [-0.1, -0.05) is 40.2 Å². The number of nitrogens with two attached hydrogens (primary N) is 1. The zero-order valence-electron chi connectivity index (χ0n) is 19.3. The Hall–Kier alpha value is -4.31. The number of amides is 2. The summed E-state index contributed by atoms with van der Waals surface area (Å²) in [4.78, 5) is 34.1. The number of fused-ring (bicyclic) bond motifs is 2. The van der Waals surface area contributed by atoms with E-state index in [0.29, 0.717) is 33.4 Å². The van der Waals surface area contributed by atoms with Crippen molar-refractivity contribution < 1.29 is 9.18 Å². The molecule has 5 aromatic rings.